The number of hydrogen-bond acceptors (Lipinski definition) is 4. The Kier molecular flexibility index (Phi) is 2.55. The number of nitrogens with zero attached hydrogens (tertiary/aromatic N) is 1. The summed E-state index contributed by atoms with van der Waals surface area (Å²) in [5.41, 5.74) is 9.33. The quantitative estimate of drug-likeness (QED) is 0.784. The first kappa shape index (κ1) is 10.5. The monoisotopic (exact) mass is 215 g/mol. The molecular weight excluding hydrogens is 202 g/mol. The van der Waals surface area contributed by atoms with E-state index in [0.717, 1.165) is 5.56 Å². The molecule has 16 heavy (non-hydrogen) atoms. The minimum absolute atomic E-state index is 0.160. The maximum Gasteiger partial charge on any atom is 0.225 e. The van der Waals surface area contributed by atoms with Crippen LogP contribution in [0.2, 0.25) is 0 Å². The fraction of sp³-hybridized carbons (Fsp3) is 0.250. The molecule has 4 heteroatoms. The van der Waals surface area contributed by atoms with Crippen molar-refractivity contribution in [1.82, 2.24) is 5.48 Å². The van der Waals surface area contributed by atoms with Crippen LogP contribution in [0.3, 0.4) is 0 Å². The van der Waals surface area contributed by atoms with E-state index in [9.17, 15) is 0 Å². The van der Waals surface area contributed by atoms with Crippen LogP contribution in [0.1, 0.15) is 18.9 Å². The largest absolute Gasteiger partial charge is 0.389 e. The van der Waals surface area contributed by atoms with Crippen molar-refractivity contribution in [1.29, 1.82) is 5.26 Å². The van der Waals surface area contributed by atoms with Gasteiger partial charge in [-0.2, -0.15) is 5.26 Å². The van der Waals surface area contributed by atoms with Crippen LogP contribution < -0.4 is 11.2 Å². The van der Waals surface area contributed by atoms with Gasteiger partial charge in [0, 0.05) is 0 Å². The standard InChI is InChI=1S/C12H13N3O/c1-2-12(9-6-4-3-5-7-9)10(8-13)11(14)16-15-12/h3-7,15H,2,14H2,1H3. The Morgan fingerprint density at radius 2 is 2.12 bits per heavy atom. The molecule has 82 valence electrons. The molecule has 0 spiro atoms. The molecular formula is C12H13N3O. The van der Waals surface area contributed by atoms with Crippen molar-refractivity contribution in [3.63, 3.8) is 0 Å². The van der Waals surface area contributed by atoms with Gasteiger partial charge < -0.3 is 10.6 Å². The third kappa shape index (κ3) is 1.34. The van der Waals surface area contributed by atoms with Crippen LogP contribution in [0.4, 0.5) is 0 Å². The summed E-state index contributed by atoms with van der Waals surface area (Å²) >= 11 is 0. The molecule has 0 aromatic heterocycles. The first-order chi connectivity index (χ1) is 7.74. The fourth-order valence-electron chi connectivity index (χ4n) is 1.98. The second-order valence-electron chi connectivity index (χ2n) is 3.68. The second-order valence-corrected chi connectivity index (χ2v) is 3.68. The molecule has 1 heterocycles. The molecule has 2 rings (SSSR count). The van der Waals surface area contributed by atoms with E-state index in [0.29, 0.717) is 12.0 Å². The minimum atomic E-state index is -0.611. The van der Waals surface area contributed by atoms with Gasteiger partial charge >= 0.3 is 0 Å². The molecule has 0 fully saturated rings. The third-order valence-electron chi connectivity index (χ3n) is 2.92. The molecule has 1 aliphatic rings. The summed E-state index contributed by atoms with van der Waals surface area (Å²) in [5, 5.41) is 9.16. The van der Waals surface area contributed by atoms with Crippen LogP contribution >= 0.6 is 0 Å². The topological polar surface area (TPSA) is 71.1 Å². The van der Waals surface area contributed by atoms with Crippen molar-refractivity contribution in [2.24, 2.45) is 5.73 Å². The molecule has 0 bridgehead atoms. The fourth-order valence-corrected chi connectivity index (χ4v) is 1.98. The average Bonchev–Trinajstić information content (AvgIpc) is 2.68. The maximum absolute atomic E-state index is 9.16. The zero-order valence-corrected chi connectivity index (χ0v) is 9.03. The molecule has 4 nitrogen and oxygen atoms in total. The van der Waals surface area contributed by atoms with Gasteiger partial charge in [-0.25, -0.2) is 0 Å². The first-order valence-electron chi connectivity index (χ1n) is 5.14. The molecule has 1 aromatic carbocycles. The average molecular weight is 215 g/mol. The van der Waals surface area contributed by atoms with Gasteiger partial charge in [-0.05, 0) is 12.0 Å². The number of nitrogens with two attached hydrogens (primary N) is 1. The number of rotatable bonds is 2. The predicted octanol–water partition coefficient (Wildman–Crippen LogP) is 1.52. The SMILES string of the molecule is CCC1(c2ccccc2)NOC(N)=C1C#N. The summed E-state index contributed by atoms with van der Waals surface area (Å²) in [5.74, 6) is 0.160. The Morgan fingerprint density at radius 3 is 2.69 bits per heavy atom. The van der Waals surface area contributed by atoms with Gasteiger partial charge in [-0.3, -0.25) is 0 Å². The Bertz CT molecular complexity index is 461. The van der Waals surface area contributed by atoms with Gasteiger partial charge in [0.25, 0.3) is 0 Å². The van der Waals surface area contributed by atoms with Gasteiger partial charge in [0.1, 0.15) is 17.2 Å². The van der Waals surface area contributed by atoms with E-state index in [1.165, 1.54) is 0 Å². The lowest BCUT2D eigenvalue weighted by atomic mass is 9.82. The first-order valence-corrected chi connectivity index (χ1v) is 5.14. The van der Waals surface area contributed by atoms with Crippen LogP contribution in [-0.2, 0) is 10.4 Å². The van der Waals surface area contributed by atoms with Crippen molar-refractivity contribution in [2.45, 2.75) is 18.9 Å². The number of nitrogens with one attached hydrogen (secondary N) is 1. The molecule has 0 amide bonds. The van der Waals surface area contributed by atoms with Crippen LogP contribution in [0.5, 0.6) is 0 Å². The molecule has 1 unspecified atom stereocenters. The van der Waals surface area contributed by atoms with E-state index >= 15 is 0 Å². The van der Waals surface area contributed by atoms with Crippen molar-refractivity contribution in [2.75, 3.05) is 0 Å². The zero-order chi connectivity index (χ0) is 11.6. The maximum atomic E-state index is 9.16. The summed E-state index contributed by atoms with van der Waals surface area (Å²) in [4.78, 5) is 5.10. The van der Waals surface area contributed by atoms with Gasteiger partial charge in [0.2, 0.25) is 5.88 Å². The molecule has 0 radical (unpaired) electrons. The summed E-state index contributed by atoms with van der Waals surface area (Å²) < 4.78 is 0. The normalized spacial score (nSPS) is 24.0. The van der Waals surface area contributed by atoms with Crippen molar-refractivity contribution >= 4 is 0 Å². The highest BCUT2D eigenvalue weighted by Gasteiger charge is 2.42. The van der Waals surface area contributed by atoms with E-state index in [4.69, 9.17) is 15.8 Å². The van der Waals surface area contributed by atoms with Crippen LogP contribution in [-0.4, -0.2) is 0 Å². The van der Waals surface area contributed by atoms with Crippen LogP contribution in [0, 0.1) is 11.3 Å². The summed E-state index contributed by atoms with van der Waals surface area (Å²) in [6.45, 7) is 1.99. The van der Waals surface area contributed by atoms with Gasteiger partial charge in [0.15, 0.2) is 0 Å². The lowest BCUT2D eigenvalue weighted by molar-refractivity contribution is 0.0734. The molecule has 0 saturated carbocycles. The van der Waals surface area contributed by atoms with E-state index in [2.05, 4.69) is 11.5 Å². The molecule has 0 saturated heterocycles. The van der Waals surface area contributed by atoms with E-state index in [1.54, 1.807) is 0 Å². The van der Waals surface area contributed by atoms with E-state index in [1.807, 2.05) is 37.3 Å². The van der Waals surface area contributed by atoms with Crippen LogP contribution in [0.15, 0.2) is 41.8 Å². The molecule has 1 aromatic rings. The Morgan fingerprint density at radius 1 is 1.44 bits per heavy atom. The van der Waals surface area contributed by atoms with Gasteiger partial charge in [-0.1, -0.05) is 37.3 Å². The molecule has 1 aliphatic heterocycles. The van der Waals surface area contributed by atoms with E-state index < -0.39 is 5.54 Å². The van der Waals surface area contributed by atoms with Crippen LogP contribution in [0.25, 0.3) is 0 Å². The second kappa shape index (κ2) is 3.87. The van der Waals surface area contributed by atoms with Gasteiger partial charge in [-0.15, -0.1) is 5.48 Å². The molecule has 1 atom stereocenters. The molecule has 3 N–H and O–H groups in total. The number of benzene rings is 1. The predicted molar refractivity (Wildman–Crippen MR) is 59.5 cm³/mol. The highest BCUT2D eigenvalue weighted by molar-refractivity contribution is 5.44. The smallest absolute Gasteiger partial charge is 0.225 e. The zero-order valence-electron chi connectivity index (χ0n) is 9.03. The summed E-state index contributed by atoms with van der Waals surface area (Å²) in [7, 11) is 0. The number of hydrogen-bond donors (Lipinski definition) is 2. The number of nitriles is 1. The summed E-state index contributed by atoms with van der Waals surface area (Å²) in [6.07, 6.45) is 0.695. The highest BCUT2D eigenvalue weighted by atomic mass is 16.7. The lowest BCUT2D eigenvalue weighted by Crippen LogP contribution is -2.38. The third-order valence-corrected chi connectivity index (χ3v) is 2.92. The lowest BCUT2D eigenvalue weighted by Gasteiger charge is -2.26. The highest BCUT2D eigenvalue weighted by Crippen LogP contribution is 2.37. The Hall–Kier alpha value is -1.99. The number of hydroxylamine groups is 1. The van der Waals surface area contributed by atoms with Crippen molar-refractivity contribution in [3.8, 4) is 6.07 Å². The van der Waals surface area contributed by atoms with E-state index in [-0.39, 0.29) is 5.88 Å². The van der Waals surface area contributed by atoms with Crippen molar-refractivity contribution < 1.29 is 4.84 Å². The van der Waals surface area contributed by atoms with Crippen molar-refractivity contribution in [3.05, 3.63) is 47.4 Å². The molecule has 0 aliphatic carbocycles. The Balaban J connectivity index is 2.55. The summed E-state index contributed by atoms with van der Waals surface area (Å²) in [6, 6.07) is 11.8. The Labute approximate surface area is 94.3 Å². The van der Waals surface area contributed by atoms with Gasteiger partial charge in [0.05, 0.1) is 0 Å². The minimum Gasteiger partial charge on any atom is -0.389 e.